The van der Waals surface area contributed by atoms with Gasteiger partial charge in [-0.3, -0.25) is 4.79 Å². The minimum absolute atomic E-state index is 0.0873. The van der Waals surface area contributed by atoms with Gasteiger partial charge in [0, 0.05) is 30.3 Å². The number of carbonyl (C=O) groups excluding carboxylic acids is 1. The van der Waals surface area contributed by atoms with Crippen molar-refractivity contribution in [3.63, 3.8) is 0 Å². The monoisotopic (exact) mass is 339 g/mol. The zero-order valence-corrected chi connectivity index (χ0v) is 13.7. The average Bonchev–Trinajstić information content (AvgIpc) is 2.46. The number of hydrogen-bond donors (Lipinski definition) is 1. The first-order chi connectivity index (χ1) is 9.61. The molecule has 1 aromatic rings. The summed E-state index contributed by atoms with van der Waals surface area (Å²) in [4.78, 5) is 19.0. The molecule has 0 aromatic carbocycles. The van der Waals surface area contributed by atoms with Crippen LogP contribution in [0.3, 0.4) is 0 Å². The van der Waals surface area contributed by atoms with Crippen molar-refractivity contribution in [1.29, 1.82) is 0 Å². The maximum Gasteiger partial charge on any atom is 0.257 e. The van der Waals surface area contributed by atoms with Crippen LogP contribution in [0.25, 0.3) is 0 Å². The fourth-order valence-corrected chi connectivity index (χ4v) is 2.70. The van der Waals surface area contributed by atoms with Gasteiger partial charge in [0.2, 0.25) is 0 Å². The molecule has 5 heteroatoms. The Balaban J connectivity index is 2.17. The summed E-state index contributed by atoms with van der Waals surface area (Å²) in [7, 11) is 0. The molecule has 0 bridgehead atoms. The molecule has 20 heavy (non-hydrogen) atoms. The smallest absolute Gasteiger partial charge is 0.257 e. The van der Waals surface area contributed by atoms with E-state index in [1.807, 2.05) is 11.0 Å². The number of pyridine rings is 1. The summed E-state index contributed by atoms with van der Waals surface area (Å²) >= 11 is 3.41. The molecule has 0 saturated carbocycles. The molecule has 0 radical (unpaired) electrons. The van der Waals surface area contributed by atoms with Gasteiger partial charge in [-0.15, -0.1) is 0 Å². The molecule has 0 aliphatic carbocycles. The van der Waals surface area contributed by atoms with Crippen LogP contribution in [0.1, 0.15) is 43.5 Å². The third-order valence-electron chi connectivity index (χ3n) is 3.70. The Labute approximate surface area is 129 Å². The molecule has 0 atom stereocenters. The van der Waals surface area contributed by atoms with E-state index in [2.05, 4.69) is 40.1 Å². The summed E-state index contributed by atoms with van der Waals surface area (Å²) in [5, 5.41) is 3.24. The highest BCUT2D eigenvalue weighted by molar-refractivity contribution is 9.10. The van der Waals surface area contributed by atoms with Crippen molar-refractivity contribution < 1.29 is 4.79 Å². The highest BCUT2D eigenvalue weighted by atomic mass is 79.9. The lowest BCUT2D eigenvalue weighted by molar-refractivity contribution is 0.0698. The van der Waals surface area contributed by atoms with E-state index >= 15 is 0 Å². The topological polar surface area (TPSA) is 45.2 Å². The quantitative estimate of drug-likeness (QED) is 0.912. The molecule has 110 valence electrons. The molecule has 1 aliphatic heterocycles. The third-order valence-corrected chi connectivity index (χ3v) is 4.13. The van der Waals surface area contributed by atoms with E-state index in [0.29, 0.717) is 11.4 Å². The molecule has 1 fully saturated rings. The van der Waals surface area contributed by atoms with Crippen molar-refractivity contribution in [1.82, 2.24) is 9.88 Å². The zero-order chi connectivity index (χ0) is 14.5. The molecule has 1 amide bonds. The number of anilines is 1. The third kappa shape index (κ3) is 3.72. The number of nitrogens with zero attached hydrogens (tertiary/aromatic N) is 2. The number of likely N-dealkylation sites (tertiary alicyclic amines) is 1. The zero-order valence-electron chi connectivity index (χ0n) is 12.2. The Hall–Kier alpha value is -1.10. The predicted molar refractivity (Wildman–Crippen MR) is 85.0 cm³/mol. The number of aromatic nitrogens is 1. The maximum atomic E-state index is 12.7. The van der Waals surface area contributed by atoms with E-state index in [1.54, 1.807) is 6.20 Å². The largest absolute Gasteiger partial charge is 0.369 e. The number of halogens is 1. The van der Waals surface area contributed by atoms with Crippen LogP contribution < -0.4 is 5.32 Å². The van der Waals surface area contributed by atoms with Gasteiger partial charge in [-0.2, -0.15) is 0 Å². The van der Waals surface area contributed by atoms with Gasteiger partial charge in [0.25, 0.3) is 5.91 Å². The molecular formula is C15H22BrN3O. The Morgan fingerprint density at radius 2 is 2.20 bits per heavy atom. The van der Waals surface area contributed by atoms with Gasteiger partial charge in [0.1, 0.15) is 5.82 Å². The second-order valence-electron chi connectivity index (χ2n) is 5.45. The molecule has 2 heterocycles. The van der Waals surface area contributed by atoms with Crippen LogP contribution in [0, 0.1) is 5.92 Å². The van der Waals surface area contributed by atoms with Crippen LogP contribution in [-0.2, 0) is 0 Å². The fraction of sp³-hybridized carbons (Fsp3) is 0.600. The summed E-state index contributed by atoms with van der Waals surface area (Å²) in [5.41, 5.74) is 0.669. The van der Waals surface area contributed by atoms with Gasteiger partial charge in [-0.05, 0) is 47.2 Å². The van der Waals surface area contributed by atoms with Crippen LogP contribution >= 0.6 is 15.9 Å². The number of nitrogens with one attached hydrogen (secondary N) is 1. The summed E-state index contributed by atoms with van der Waals surface area (Å²) in [6, 6.07) is 1.87. The SMILES string of the molecule is CCCNc1ncc(Br)cc1C(=O)N1CCC(C)CC1. The molecule has 1 aromatic heterocycles. The summed E-state index contributed by atoms with van der Waals surface area (Å²) in [6.07, 6.45) is 4.91. The van der Waals surface area contributed by atoms with E-state index in [-0.39, 0.29) is 5.91 Å². The van der Waals surface area contributed by atoms with Gasteiger partial charge < -0.3 is 10.2 Å². The summed E-state index contributed by atoms with van der Waals surface area (Å²) in [6.45, 7) is 6.86. The molecule has 1 N–H and O–H groups in total. The van der Waals surface area contributed by atoms with Crippen molar-refractivity contribution in [3.8, 4) is 0 Å². The first-order valence-electron chi connectivity index (χ1n) is 7.30. The van der Waals surface area contributed by atoms with Crippen molar-refractivity contribution in [3.05, 3.63) is 22.3 Å². The fourth-order valence-electron chi connectivity index (χ4n) is 2.37. The van der Waals surface area contributed by atoms with Crippen LogP contribution in [0.4, 0.5) is 5.82 Å². The Morgan fingerprint density at radius 1 is 1.50 bits per heavy atom. The highest BCUT2D eigenvalue weighted by Gasteiger charge is 2.24. The Bertz CT molecular complexity index is 470. The lowest BCUT2D eigenvalue weighted by Crippen LogP contribution is -2.38. The van der Waals surface area contributed by atoms with Crippen molar-refractivity contribution in [2.45, 2.75) is 33.1 Å². The van der Waals surface area contributed by atoms with Crippen molar-refractivity contribution >= 4 is 27.7 Å². The number of carbonyl (C=O) groups is 1. The standard InChI is InChI=1S/C15H22BrN3O/c1-3-6-17-14-13(9-12(16)10-18-14)15(20)19-7-4-11(2)5-8-19/h9-11H,3-8H2,1-2H3,(H,17,18). The van der Waals surface area contributed by atoms with Crippen LogP contribution in [0.2, 0.25) is 0 Å². The van der Waals surface area contributed by atoms with Crippen LogP contribution in [0.15, 0.2) is 16.7 Å². The van der Waals surface area contributed by atoms with E-state index in [0.717, 1.165) is 49.3 Å². The minimum atomic E-state index is 0.0873. The first-order valence-corrected chi connectivity index (χ1v) is 8.09. The second kappa shape index (κ2) is 7.07. The molecule has 1 aliphatic rings. The summed E-state index contributed by atoms with van der Waals surface area (Å²) in [5.74, 6) is 1.50. The number of piperidine rings is 1. The first kappa shape index (κ1) is 15.3. The van der Waals surface area contributed by atoms with Crippen LogP contribution in [0.5, 0.6) is 0 Å². The van der Waals surface area contributed by atoms with E-state index in [9.17, 15) is 4.79 Å². The van der Waals surface area contributed by atoms with E-state index in [1.165, 1.54) is 0 Å². The van der Waals surface area contributed by atoms with E-state index in [4.69, 9.17) is 0 Å². The number of hydrogen-bond acceptors (Lipinski definition) is 3. The lowest BCUT2D eigenvalue weighted by Gasteiger charge is -2.30. The molecular weight excluding hydrogens is 318 g/mol. The summed E-state index contributed by atoms with van der Waals surface area (Å²) < 4.78 is 0.841. The predicted octanol–water partition coefficient (Wildman–Crippen LogP) is 3.54. The maximum absolute atomic E-state index is 12.7. The van der Waals surface area contributed by atoms with Gasteiger partial charge in [-0.1, -0.05) is 13.8 Å². The minimum Gasteiger partial charge on any atom is -0.369 e. The molecule has 0 spiro atoms. The van der Waals surface area contributed by atoms with Crippen LogP contribution in [-0.4, -0.2) is 35.4 Å². The number of rotatable bonds is 4. The Kier molecular flexibility index (Phi) is 5.40. The lowest BCUT2D eigenvalue weighted by atomic mass is 9.98. The Morgan fingerprint density at radius 3 is 2.85 bits per heavy atom. The van der Waals surface area contributed by atoms with Gasteiger partial charge >= 0.3 is 0 Å². The van der Waals surface area contributed by atoms with Gasteiger partial charge in [0.15, 0.2) is 0 Å². The molecule has 0 unspecified atom stereocenters. The van der Waals surface area contributed by atoms with Crippen molar-refractivity contribution in [2.24, 2.45) is 5.92 Å². The average molecular weight is 340 g/mol. The van der Waals surface area contributed by atoms with E-state index < -0.39 is 0 Å². The normalized spacial score (nSPS) is 16.2. The second-order valence-corrected chi connectivity index (χ2v) is 6.37. The highest BCUT2D eigenvalue weighted by Crippen LogP contribution is 2.23. The van der Waals surface area contributed by atoms with Crippen molar-refractivity contribution in [2.75, 3.05) is 25.0 Å². The van der Waals surface area contributed by atoms with Gasteiger partial charge in [0.05, 0.1) is 5.56 Å². The molecule has 2 rings (SSSR count). The van der Waals surface area contributed by atoms with Gasteiger partial charge in [-0.25, -0.2) is 4.98 Å². The molecule has 4 nitrogen and oxygen atoms in total. The molecule has 1 saturated heterocycles. The number of amides is 1.